The van der Waals surface area contributed by atoms with E-state index in [-0.39, 0.29) is 35.9 Å². The molecule has 0 bridgehead atoms. The SMILES string of the molecule is NC1CC(CO)N(c2ccc(F)cc2NC(=O)c2ccnc(-c3c(F)cccc3F)n2)C1. The molecule has 0 aliphatic carbocycles. The Morgan fingerprint density at radius 1 is 1.19 bits per heavy atom. The second kappa shape index (κ2) is 8.93. The number of aliphatic hydroxyl groups is 1. The predicted molar refractivity (Wildman–Crippen MR) is 113 cm³/mol. The number of amides is 1. The zero-order chi connectivity index (χ0) is 22.8. The first-order valence-electron chi connectivity index (χ1n) is 9.88. The molecule has 4 rings (SSSR count). The van der Waals surface area contributed by atoms with Gasteiger partial charge in [-0.2, -0.15) is 0 Å². The van der Waals surface area contributed by atoms with Crippen molar-refractivity contribution in [3.05, 3.63) is 71.8 Å². The molecule has 166 valence electrons. The Balaban J connectivity index is 1.65. The minimum Gasteiger partial charge on any atom is -0.394 e. The van der Waals surface area contributed by atoms with E-state index in [1.807, 2.05) is 0 Å². The number of aliphatic hydroxyl groups excluding tert-OH is 1. The van der Waals surface area contributed by atoms with E-state index in [0.29, 0.717) is 18.7 Å². The number of aromatic nitrogens is 2. The van der Waals surface area contributed by atoms with E-state index >= 15 is 0 Å². The van der Waals surface area contributed by atoms with Crippen LogP contribution in [0.4, 0.5) is 24.5 Å². The van der Waals surface area contributed by atoms with Gasteiger partial charge < -0.3 is 21.1 Å². The van der Waals surface area contributed by atoms with Gasteiger partial charge in [-0.1, -0.05) is 6.07 Å². The van der Waals surface area contributed by atoms with E-state index in [1.54, 1.807) is 4.90 Å². The van der Waals surface area contributed by atoms with Gasteiger partial charge in [-0.15, -0.1) is 0 Å². The summed E-state index contributed by atoms with van der Waals surface area (Å²) in [5.41, 5.74) is 6.03. The minimum atomic E-state index is -0.865. The van der Waals surface area contributed by atoms with Crippen LogP contribution in [-0.4, -0.2) is 46.2 Å². The third kappa shape index (κ3) is 4.27. The molecular formula is C22H20F3N5O2. The zero-order valence-electron chi connectivity index (χ0n) is 16.8. The van der Waals surface area contributed by atoms with Gasteiger partial charge in [0.05, 0.1) is 29.6 Å². The molecule has 32 heavy (non-hydrogen) atoms. The Kier molecular flexibility index (Phi) is 6.06. The van der Waals surface area contributed by atoms with Crippen molar-refractivity contribution in [3.63, 3.8) is 0 Å². The summed E-state index contributed by atoms with van der Waals surface area (Å²) in [5, 5.41) is 12.3. The average molecular weight is 443 g/mol. The van der Waals surface area contributed by atoms with Gasteiger partial charge in [0.15, 0.2) is 5.82 Å². The Hall–Kier alpha value is -3.50. The van der Waals surface area contributed by atoms with E-state index in [1.165, 1.54) is 30.5 Å². The van der Waals surface area contributed by atoms with Crippen LogP contribution < -0.4 is 16.0 Å². The highest BCUT2D eigenvalue weighted by Crippen LogP contribution is 2.33. The van der Waals surface area contributed by atoms with Gasteiger partial charge in [0.2, 0.25) is 0 Å². The second-order valence-electron chi connectivity index (χ2n) is 7.46. The fraction of sp³-hybridized carbons (Fsp3) is 0.227. The largest absolute Gasteiger partial charge is 0.394 e. The van der Waals surface area contributed by atoms with Crippen LogP contribution in [0.5, 0.6) is 0 Å². The maximum Gasteiger partial charge on any atom is 0.274 e. The lowest BCUT2D eigenvalue weighted by molar-refractivity contribution is 0.102. The summed E-state index contributed by atoms with van der Waals surface area (Å²) in [5.74, 6) is -3.32. The first-order valence-corrected chi connectivity index (χ1v) is 9.88. The molecular weight excluding hydrogens is 423 g/mol. The maximum absolute atomic E-state index is 14.1. The molecule has 2 atom stereocenters. The summed E-state index contributed by atoms with van der Waals surface area (Å²) >= 11 is 0. The number of hydrogen-bond acceptors (Lipinski definition) is 6. The van der Waals surface area contributed by atoms with E-state index < -0.39 is 28.9 Å². The lowest BCUT2D eigenvalue weighted by Crippen LogP contribution is -2.33. The number of nitrogens with one attached hydrogen (secondary N) is 1. The van der Waals surface area contributed by atoms with Crippen LogP contribution in [0.1, 0.15) is 16.9 Å². The van der Waals surface area contributed by atoms with Crippen molar-refractivity contribution in [2.45, 2.75) is 18.5 Å². The Bertz CT molecular complexity index is 1140. The van der Waals surface area contributed by atoms with Crippen molar-refractivity contribution in [2.24, 2.45) is 5.73 Å². The third-order valence-corrected chi connectivity index (χ3v) is 5.25. The molecule has 10 heteroatoms. The van der Waals surface area contributed by atoms with Crippen LogP contribution in [0.3, 0.4) is 0 Å². The fourth-order valence-electron chi connectivity index (χ4n) is 3.78. The molecule has 2 aromatic carbocycles. The number of carbonyl (C=O) groups excluding carboxylic acids is 1. The topological polar surface area (TPSA) is 104 Å². The van der Waals surface area contributed by atoms with Crippen molar-refractivity contribution in [1.29, 1.82) is 0 Å². The summed E-state index contributed by atoms with van der Waals surface area (Å²) in [4.78, 5) is 22.5. The van der Waals surface area contributed by atoms with Gasteiger partial charge in [-0.25, -0.2) is 23.1 Å². The molecule has 1 aliphatic rings. The van der Waals surface area contributed by atoms with Crippen molar-refractivity contribution in [1.82, 2.24) is 9.97 Å². The monoisotopic (exact) mass is 443 g/mol. The molecule has 1 aliphatic heterocycles. The number of carbonyl (C=O) groups is 1. The van der Waals surface area contributed by atoms with E-state index in [0.717, 1.165) is 18.2 Å². The minimum absolute atomic E-state index is 0.151. The Labute approximate surface area is 181 Å². The van der Waals surface area contributed by atoms with Crippen LogP contribution in [0.25, 0.3) is 11.4 Å². The third-order valence-electron chi connectivity index (χ3n) is 5.25. The standard InChI is InChI=1S/C22H20F3N5O2/c23-12-4-5-19(30-10-13(26)9-14(30)11-31)18(8-12)29-22(32)17-6-7-27-21(28-17)20-15(24)2-1-3-16(20)25/h1-8,13-14,31H,9-11,26H2,(H,29,32). The summed E-state index contributed by atoms with van der Waals surface area (Å²) in [6.45, 7) is 0.270. The maximum atomic E-state index is 14.1. The summed E-state index contributed by atoms with van der Waals surface area (Å²) < 4.78 is 42.1. The average Bonchev–Trinajstić information content (AvgIpc) is 3.14. The Morgan fingerprint density at radius 3 is 2.66 bits per heavy atom. The molecule has 0 saturated carbocycles. The number of hydrogen-bond donors (Lipinski definition) is 3. The molecule has 1 amide bonds. The van der Waals surface area contributed by atoms with Crippen LogP contribution in [0.15, 0.2) is 48.7 Å². The summed E-state index contributed by atoms with van der Waals surface area (Å²) in [7, 11) is 0. The van der Waals surface area contributed by atoms with Crippen LogP contribution in [0.2, 0.25) is 0 Å². The zero-order valence-corrected chi connectivity index (χ0v) is 16.8. The molecule has 2 unspecified atom stereocenters. The number of rotatable bonds is 5. The molecule has 4 N–H and O–H groups in total. The number of benzene rings is 2. The molecule has 0 radical (unpaired) electrons. The summed E-state index contributed by atoms with van der Waals surface area (Å²) in [6.07, 6.45) is 1.75. The van der Waals surface area contributed by atoms with E-state index in [2.05, 4.69) is 15.3 Å². The van der Waals surface area contributed by atoms with Gasteiger partial charge in [0.1, 0.15) is 23.1 Å². The van der Waals surface area contributed by atoms with Crippen molar-refractivity contribution in [3.8, 4) is 11.4 Å². The van der Waals surface area contributed by atoms with Crippen molar-refractivity contribution < 1.29 is 23.1 Å². The molecule has 1 saturated heterocycles. The van der Waals surface area contributed by atoms with E-state index in [4.69, 9.17) is 5.73 Å². The second-order valence-corrected chi connectivity index (χ2v) is 7.46. The van der Waals surface area contributed by atoms with Crippen molar-refractivity contribution in [2.75, 3.05) is 23.4 Å². The number of nitrogens with two attached hydrogens (primary N) is 1. The van der Waals surface area contributed by atoms with Gasteiger partial charge >= 0.3 is 0 Å². The highest BCUT2D eigenvalue weighted by atomic mass is 19.1. The van der Waals surface area contributed by atoms with Crippen LogP contribution in [0, 0.1) is 17.5 Å². The molecule has 7 nitrogen and oxygen atoms in total. The van der Waals surface area contributed by atoms with Crippen molar-refractivity contribution >= 4 is 17.3 Å². The van der Waals surface area contributed by atoms with Gasteiger partial charge in [0, 0.05) is 18.8 Å². The van der Waals surface area contributed by atoms with Gasteiger partial charge in [0.25, 0.3) is 5.91 Å². The lowest BCUT2D eigenvalue weighted by atomic mass is 10.1. The molecule has 1 fully saturated rings. The smallest absolute Gasteiger partial charge is 0.274 e. The number of anilines is 2. The molecule has 1 aromatic heterocycles. The first kappa shape index (κ1) is 21.7. The summed E-state index contributed by atoms with van der Waals surface area (Å²) in [6, 6.07) is 8.03. The molecule has 3 aromatic rings. The van der Waals surface area contributed by atoms with Gasteiger partial charge in [-0.3, -0.25) is 4.79 Å². The Morgan fingerprint density at radius 2 is 1.94 bits per heavy atom. The highest BCUT2D eigenvalue weighted by Gasteiger charge is 2.31. The van der Waals surface area contributed by atoms with E-state index in [9.17, 15) is 23.1 Å². The fourth-order valence-corrected chi connectivity index (χ4v) is 3.78. The molecule has 2 heterocycles. The number of nitrogens with zero attached hydrogens (tertiary/aromatic N) is 3. The first-order chi connectivity index (χ1) is 15.4. The number of halogens is 3. The lowest BCUT2D eigenvalue weighted by Gasteiger charge is -2.27. The van der Waals surface area contributed by atoms with Crippen LogP contribution in [-0.2, 0) is 0 Å². The predicted octanol–water partition coefficient (Wildman–Crippen LogP) is 2.71. The molecule has 0 spiro atoms. The normalized spacial score (nSPS) is 18.1. The quantitative estimate of drug-likeness (QED) is 0.560. The highest BCUT2D eigenvalue weighted by molar-refractivity contribution is 6.05. The van der Waals surface area contributed by atoms with Gasteiger partial charge in [-0.05, 0) is 42.8 Å². The van der Waals surface area contributed by atoms with Crippen LogP contribution >= 0.6 is 0 Å².